The van der Waals surface area contributed by atoms with Gasteiger partial charge < -0.3 is 9.30 Å². The third kappa shape index (κ3) is 4.01. The minimum atomic E-state index is -0.0893. The molecule has 3 heterocycles. The average Bonchev–Trinajstić information content (AvgIpc) is 3.07. The van der Waals surface area contributed by atoms with Crippen molar-refractivity contribution < 1.29 is 4.79 Å². The van der Waals surface area contributed by atoms with Crippen molar-refractivity contribution in [2.75, 3.05) is 40.8 Å². The molecule has 0 N–H and O–H groups in total. The second kappa shape index (κ2) is 8.14. The zero-order valence-corrected chi connectivity index (χ0v) is 17.8. The van der Waals surface area contributed by atoms with Crippen molar-refractivity contribution in [3.8, 4) is 0 Å². The highest BCUT2D eigenvalue weighted by Crippen LogP contribution is 2.26. The SMILES string of the molecule is CN(C)C(=O)c1nc2ccc(Cl)cn2c1CN1CCN(C)[C@@H](c2ccccc2)C1. The van der Waals surface area contributed by atoms with Crippen LogP contribution in [0.15, 0.2) is 48.7 Å². The fourth-order valence-corrected chi connectivity index (χ4v) is 4.08. The Morgan fingerprint density at radius 3 is 2.66 bits per heavy atom. The normalized spacial score (nSPS) is 18.3. The highest BCUT2D eigenvalue weighted by molar-refractivity contribution is 6.30. The number of halogens is 1. The molecule has 0 radical (unpaired) electrons. The van der Waals surface area contributed by atoms with Crippen molar-refractivity contribution in [2.45, 2.75) is 12.6 Å². The van der Waals surface area contributed by atoms with Crippen LogP contribution in [-0.2, 0) is 6.54 Å². The van der Waals surface area contributed by atoms with Crippen LogP contribution in [0, 0.1) is 0 Å². The number of hydrogen-bond donors (Lipinski definition) is 0. The molecule has 1 aliphatic rings. The van der Waals surface area contributed by atoms with Crippen LogP contribution in [0.3, 0.4) is 0 Å². The van der Waals surface area contributed by atoms with Crippen LogP contribution >= 0.6 is 11.6 Å². The smallest absolute Gasteiger partial charge is 0.273 e. The largest absolute Gasteiger partial charge is 0.343 e. The Morgan fingerprint density at radius 1 is 1.17 bits per heavy atom. The van der Waals surface area contributed by atoms with Crippen LogP contribution in [0.2, 0.25) is 5.02 Å². The second-order valence-corrected chi connectivity index (χ2v) is 8.26. The first-order valence-corrected chi connectivity index (χ1v) is 10.2. The van der Waals surface area contributed by atoms with E-state index < -0.39 is 0 Å². The molecule has 1 aromatic carbocycles. The summed E-state index contributed by atoms with van der Waals surface area (Å²) < 4.78 is 1.95. The van der Waals surface area contributed by atoms with Crippen LogP contribution in [0.25, 0.3) is 5.65 Å². The van der Waals surface area contributed by atoms with E-state index in [0.29, 0.717) is 23.3 Å². The van der Waals surface area contributed by atoms with E-state index >= 15 is 0 Å². The number of carbonyl (C=O) groups is 1. The van der Waals surface area contributed by atoms with Gasteiger partial charge in [-0.1, -0.05) is 41.9 Å². The highest BCUT2D eigenvalue weighted by Gasteiger charge is 2.28. The maximum atomic E-state index is 12.8. The summed E-state index contributed by atoms with van der Waals surface area (Å²) in [5.41, 5.74) is 3.43. The van der Waals surface area contributed by atoms with Gasteiger partial charge in [-0.2, -0.15) is 0 Å². The number of imidazole rings is 1. The van der Waals surface area contributed by atoms with E-state index in [1.165, 1.54) is 5.56 Å². The predicted molar refractivity (Wildman–Crippen MR) is 115 cm³/mol. The number of hydrogen-bond acceptors (Lipinski definition) is 4. The summed E-state index contributed by atoms with van der Waals surface area (Å²) in [5.74, 6) is -0.0893. The topological polar surface area (TPSA) is 44.1 Å². The molecule has 1 amide bonds. The molecule has 0 unspecified atom stereocenters. The van der Waals surface area contributed by atoms with Gasteiger partial charge in [0.25, 0.3) is 5.91 Å². The Hall–Kier alpha value is -2.41. The number of pyridine rings is 1. The highest BCUT2D eigenvalue weighted by atomic mass is 35.5. The van der Waals surface area contributed by atoms with E-state index in [1.54, 1.807) is 25.1 Å². The molecule has 1 aliphatic heterocycles. The Kier molecular flexibility index (Phi) is 5.58. The Bertz CT molecular complexity index is 1020. The van der Waals surface area contributed by atoms with Gasteiger partial charge in [0.05, 0.1) is 10.7 Å². The number of likely N-dealkylation sites (N-methyl/N-ethyl adjacent to an activating group) is 1. The first-order chi connectivity index (χ1) is 13.9. The molecule has 4 rings (SSSR count). The molecule has 7 heteroatoms. The number of aromatic nitrogens is 2. The lowest BCUT2D eigenvalue weighted by atomic mass is 10.0. The number of amides is 1. The molecule has 6 nitrogen and oxygen atoms in total. The van der Waals surface area contributed by atoms with Gasteiger partial charge in [0, 0.05) is 52.5 Å². The fraction of sp³-hybridized carbons (Fsp3) is 0.364. The van der Waals surface area contributed by atoms with Gasteiger partial charge in [0.2, 0.25) is 0 Å². The summed E-state index contributed by atoms with van der Waals surface area (Å²) in [6.07, 6.45) is 1.84. The summed E-state index contributed by atoms with van der Waals surface area (Å²) in [7, 11) is 5.68. The maximum absolute atomic E-state index is 12.8. The van der Waals surface area contributed by atoms with Gasteiger partial charge in [-0.05, 0) is 24.7 Å². The molecule has 0 spiro atoms. The van der Waals surface area contributed by atoms with Crippen molar-refractivity contribution in [3.05, 3.63) is 70.6 Å². The third-order valence-corrected chi connectivity index (χ3v) is 5.80. The second-order valence-electron chi connectivity index (χ2n) is 7.82. The number of rotatable bonds is 4. The minimum Gasteiger partial charge on any atom is -0.343 e. The van der Waals surface area contributed by atoms with E-state index in [4.69, 9.17) is 11.6 Å². The molecule has 152 valence electrons. The first-order valence-electron chi connectivity index (χ1n) is 9.79. The molecule has 0 bridgehead atoms. The number of benzene rings is 1. The van der Waals surface area contributed by atoms with Gasteiger partial charge in [-0.15, -0.1) is 0 Å². The summed E-state index contributed by atoms with van der Waals surface area (Å²) in [6, 6.07) is 14.6. The average molecular weight is 412 g/mol. The van der Waals surface area contributed by atoms with Gasteiger partial charge in [0.15, 0.2) is 5.69 Å². The maximum Gasteiger partial charge on any atom is 0.273 e. The Balaban J connectivity index is 1.67. The van der Waals surface area contributed by atoms with E-state index in [2.05, 4.69) is 46.1 Å². The van der Waals surface area contributed by atoms with Gasteiger partial charge in [-0.25, -0.2) is 4.98 Å². The quantitative estimate of drug-likeness (QED) is 0.661. The predicted octanol–water partition coefficient (Wildman–Crippen LogP) is 3.18. The monoisotopic (exact) mass is 411 g/mol. The number of nitrogens with zero attached hydrogens (tertiary/aromatic N) is 5. The molecule has 1 atom stereocenters. The summed E-state index contributed by atoms with van der Waals surface area (Å²) in [5, 5.41) is 0.626. The van der Waals surface area contributed by atoms with Crippen molar-refractivity contribution in [3.63, 3.8) is 0 Å². The van der Waals surface area contributed by atoms with Crippen molar-refractivity contribution in [2.24, 2.45) is 0 Å². The Morgan fingerprint density at radius 2 is 1.93 bits per heavy atom. The van der Waals surface area contributed by atoms with Gasteiger partial charge in [0.1, 0.15) is 5.65 Å². The molecule has 0 saturated carbocycles. The van der Waals surface area contributed by atoms with Crippen LogP contribution in [0.4, 0.5) is 0 Å². The zero-order chi connectivity index (χ0) is 20.5. The first kappa shape index (κ1) is 19.9. The van der Waals surface area contributed by atoms with Crippen molar-refractivity contribution in [1.82, 2.24) is 24.1 Å². The molecule has 1 saturated heterocycles. The van der Waals surface area contributed by atoms with E-state index in [1.807, 2.05) is 22.7 Å². The van der Waals surface area contributed by atoms with E-state index in [0.717, 1.165) is 31.0 Å². The zero-order valence-electron chi connectivity index (χ0n) is 17.0. The Labute approximate surface area is 176 Å². The fourth-order valence-electron chi connectivity index (χ4n) is 3.92. The number of carbonyl (C=O) groups excluding carboxylic acids is 1. The van der Waals surface area contributed by atoms with Gasteiger partial charge >= 0.3 is 0 Å². The van der Waals surface area contributed by atoms with Crippen LogP contribution < -0.4 is 0 Å². The molecule has 1 fully saturated rings. The number of piperazine rings is 1. The lowest BCUT2D eigenvalue weighted by molar-refractivity contribution is 0.0804. The van der Waals surface area contributed by atoms with Crippen LogP contribution in [-0.4, -0.2) is 70.8 Å². The van der Waals surface area contributed by atoms with Gasteiger partial charge in [-0.3, -0.25) is 14.6 Å². The summed E-state index contributed by atoms with van der Waals surface area (Å²) in [6.45, 7) is 3.44. The van der Waals surface area contributed by atoms with Crippen molar-refractivity contribution in [1.29, 1.82) is 0 Å². The van der Waals surface area contributed by atoms with E-state index in [-0.39, 0.29) is 5.91 Å². The molecule has 2 aromatic heterocycles. The lowest BCUT2D eigenvalue weighted by Gasteiger charge is -2.39. The number of fused-ring (bicyclic) bond motifs is 1. The van der Waals surface area contributed by atoms with Crippen LogP contribution in [0.5, 0.6) is 0 Å². The summed E-state index contributed by atoms with van der Waals surface area (Å²) >= 11 is 6.24. The standard InChI is InChI=1S/C22H26ClN5O/c1-25(2)22(29)21-19(28-13-17(23)9-10-20(28)24-21)15-27-12-11-26(3)18(14-27)16-7-5-4-6-8-16/h4-10,13,18H,11-12,14-15H2,1-3H3/t18-/m1/s1. The molecule has 3 aromatic rings. The minimum absolute atomic E-state index is 0.0893. The van der Waals surface area contributed by atoms with Crippen molar-refractivity contribution >= 4 is 23.2 Å². The molecular formula is C22H26ClN5O. The molecular weight excluding hydrogens is 386 g/mol. The third-order valence-electron chi connectivity index (χ3n) is 5.58. The van der Waals surface area contributed by atoms with Crippen LogP contribution in [0.1, 0.15) is 27.8 Å². The molecule has 0 aliphatic carbocycles. The van der Waals surface area contributed by atoms with E-state index in [9.17, 15) is 4.79 Å². The molecule has 29 heavy (non-hydrogen) atoms. The summed E-state index contributed by atoms with van der Waals surface area (Å²) in [4.78, 5) is 23.8. The lowest BCUT2D eigenvalue weighted by Crippen LogP contribution is -2.46.